The number of ether oxygens (including phenoxy) is 2. The number of nitrogens with one attached hydrogen (secondary N) is 1. The predicted octanol–water partition coefficient (Wildman–Crippen LogP) is 1.99. The Kier molecular flexibility index (Phi) is 5.10. The van der Waals surface area contributed by atoms with Crippen molar-refractivity contribution in [3.63, 3.8) is 0 Å². The summed E-state index contributed by atoms with van der Waals surface area (Å²) in [5.74, 6) is 0.501. The quantitative estimate of drug-likeness (QED) is 0.710. The lowest BCUT2D eigenvalue weighted by molar-refractivity contribution is 0.101. The molecule has 3 rings (SSSR count). The Hall–Kier alpha value is -3.13. The number of anilines is 1. The number of hydrogen-bond acceptors (Lipinski definition) is 5. The van der Waals surface area contributed by atoms with Crippen LogP contribution in [-0.2, 0) is 18.0 Å². The fraction of sp³-hybridized carbons (Fsp3) is 0.235. The second-order valence-electron chi connectivity index (χ2n) is 5.39. The van der Waals surface area contributed by atoms with E-state index in [1.54, 1.807) is 48.2 Å². The molecule has 0 saturated carbocycles. The second-order valence-corrected chi connectivity index (χ2v) is 5.39. The van der Waals surface area contributed by atoms with Crippen LogP contribution < -0.4 is 10.1 Å². The molecule has 0 radical (unpaired) electrons. The van der Waals surface area contributed by atoms with Crippen molar-refractivity contribution in [2.24, 2.45) is 0 Å². The van der Waals surface area contributed by atoms with E-state index in [9.17, 15) is 4.79 Å². The van der Waals surface area contributed by atoms with E-state index in [0.29, 0.717) is 24.7 Å². The summed E-state index contributed by atoms with van der Waals surface area (Å²) in [6.45, 7) is 0.876. The molecule has 1 N–H and O–H groups in total. The molecule has 0 atom stereocenters. The van der Waals surface area contributed by atoms with Crippen LogP contribution >= 0.6 is 0 Å². The number of rotatable bonds is 7. The van der Waals surface area contributed by atoms with E-state index in [1.165, 1.54) is 0 Å². The van der Waals surface area contributed by atoms with Gasteiger partial charge in [-0.25, -0.2) is 4.68 Å². The van der Waals surface area contributed by atoms with Crippen LogP contribution in [0.15, 0.2) is 48.9 Å². The summed E-state index contributed by atoms with van der Waals surface area (Å²) in [6, 6.07) is 9.39. The van der Waals surface area contributed by atoms with Crippen LogP contribution in [0.2, 0.25) is 0 Å². The summed E-state index contributed by atoms with van der Waals surface area (Å²) in [6.07, 6.45) is 5.05. The molecule has 1 amide bonds. The van der Waals surface area contributed by atoms with Crippen LogP contribution in [0.3, 0.4) is 0 Å². The summed E-state index contributed by atoms with van der Waals surface area (Å²) in [7, 11) is 3.20. The number of hydrogen-bond donors (Lipinski definition) is 1. The van der Waals surface area contributed by atoms with E-state index in [2.05, 4.69) is 15.5 Å². The Morgan fingerprint density at radius 2 is 2.12 bits per heavy atom. The SMILES string of the molecule is COCn1ccc(C(=O)Nc2cnn(Cc3cccc(OC)c3)c2)n1. The zero-order valence-corrected chi connectivity index (χ0v) is 14.0. The highest BCUT2D eigenvalue weighted by Crippen LogP contribution is 2.14. The lowest BCUT2D eigenvalue weighted by Crippen LogP contribution is -2.13. The number of benzene rings is 1. The fourth-order valence-electron chi connectivity index (χ4n) is 2.35. The first-order valence-electron chi connectivity index (χ1n) is 7.67. The van der Waals surface area contributed by atoms with Crippen molar-refractivity contribution in [2.45, 2.75) is 13.3 Å². The van der Waals surface area contributed by atoms with E-state index in [1.807, 2.05) is 24.3 Å². The summed E-state index contributed by atoms with van der Waals surface area (Å²) < 4.78 is 13.5. The maximum atomic E-state index is 12.2. The van der Waals surface area contributed by atoms with Gasteiger partial charge in [0.2, 0.25) is 0 Å². The largest absolute Gasteiger partial charge is 0.497 e. The monoisotopic (exact) mass is 341 g/mol. The molecule has 0 unspecified atom stereocenters. The smallest absolute Gasteiger partial charge is 0.276 e. The summed E-state index contributed by atoms with van der Waals surface area (Å²) in [5, 5.41) is 11.2. The molecule has 0 spiro atoms. The minimum Gasteiger partial charge on any atom is -0.497 e. The Labute approximate surface area is 145 Å². The zero-order valence-electron chi connectivity index (χ0n) is 14.0. The normalized spacial score (nSPS) is 10.6. The number of nitrogens with zero attached hydrogens (tertiary/aromatic N) is 4. The Bertz CT molecular complexity index is 855. The van der Waals surface area contributed by atoms with Crippen molar-refractivity contribution in [1.82, 2.24) is 19.6 Å². The van der Waals surface area contributed by atoms with Gasteiger partial charge in [0, 0.05) is 19.5 Å². The number of carbonyl (C=O) groups is 1. The highest BCUT2D eigenvalue weighted by atomic mass is 16.5. The molecule has 0 aliphatic heterocycles. The third-order valence-electron chi connectivity index (χ3n) is 3.50. The van der Waals surface area contributed by atoms with Crippen molar-refractivity contribution < 1.29 is 14.3 Å². The number of methoxy groups -OCH3 is 2. The van der Waals surface area contributed by atoms with Crippen LogP contribution in [0, 0.1) is 0 Å². The van der Waals surface area contributed by atoms with Crippen molar-refractivity contribution >= 4 is 11.6 Å². The highest BCUT2D eigenvalue weighted by molar-refractivity contribution is 6.02. The average Bonchev–Trinajstić information content (AvgIpc) is 3.25. The molecule has 2 heterocycles. The zero-order chi connectivity index (χ0) is 17.6. The van der Waals surface area contributed by atoms with Crippen molar-refractivity contribution in [3.8, 4) is 5.75 Å². The third-order valence-corrected chi connectivity index (χ3v) is 3.50. The molecule has 130 valence electrons. The molecule has 2 aromatic heterocycles. The topological polar surface area (TPSA) is 83.2 Å². The van der Waals surface area contributed by atoms with Crippen molar-refractivity contribution in [1.29, 1.82) is 0 Å². The van der Waals surface area contributed by atoms with Gasteiger partial charge in [0.05, 0.1) is 25.5 Å². The molecular formula is C17H19N5O3. The molecule has 0 saturated heterocycles. The van der Waals surface area contributed by atoms with Gasteiger partial charge in [-0.1, -0.05) is 12.1 Å². The molecule has 1 aromatic carbocycles. The molecule has 8 heteroatoms. The van der Waals surface area contributed by atoms with E-state index in [0.717, 1.165) is 11.3 Å². The highest BCUT2D eigenvalue weighted by Gasteiger charge is 2.11. The van der Waals surface area contributed by atoms with Crippen LogP contribution in [0.1, 0.15) is 16.1 Å². The van der Waals surface area contributed by atoms with Gasteiger partial charge in [0.15, 0.2) is 5.69 Å². The van der Waals surface area contributed by atoms with Crippen LogP contribution in [0.4, 0.5) is 5.69 Å². The van der Waals surface area contributed by atoms with E-state index >= 15 is 0 Å². The molecule has 0 fully saturated rings. The number of carbonyl (C=O) groups excluding carboxylic acids is 1. The number of aromatic nitrogens is 4. The van der Waals surface area contributed by atoms with Gasteiger partial charge in [-0.05, 0) is 23.8 Å². The third kappa shape index (κ3) is 4.24. The first-order chi connectivity index (χ1) is 12.2. The minimum absolute atomic E-state index is 0.296. The van der Waals surface area contributed by atoms with Crippen molar-refractivity contribution in [3.05, 3.63) is 60.2 Å². The maximum absolute atomic E-state index is 12.2. The maximum Gasteiger partial charge on any atom is 0.276 e. The molecule has 0 bridgehead atoms. The van der Waals surface area contributed by atoms with Gasteiger partial charge in [-0.2, -0.15) is 10.2 Å². The number of amides is 1. The van der Waals surface area contributed by atoms with Crippen LogP contribution in [0.25, 0.3) is 0 Å². The van der Waals surface area contributed by atoms with Gasteiger partial charge in [0.1, 0.15) is 12.5 Å². The summed E-state index contributed by atoms with van der Waals surface area (Å²) in [4.78, 5) is 12.2. The van der Waals surface area contributed by atoms with E-state index in [4.69, 9.17) is 9.47 Å². The molecule has 0 aliphatic carbocycles. The predicted molar refractivity (Wildman–Crippen MR) is 91.5 cm³/mol. The average molecular weight is 341 g/mol. The van der Waals surface area contributed by atoms with Crippen LogP contribution in [-0.4, -0.2) is 39.7 Å². The molecule has 8 nitrogen and oxygen atoms in total. The first kappa shape index (κ1) is 16.7. The Morgan fingerprint density at radius 3 is 2.92 bits per heavy atom. The van der Waals surface area contributed by atoms with Gasteiger partial charge in [-0.15, -0.1) is 0 Å². The van der Waals surface area contributed by atoms with Gasteiger partial charge in [-0.3, -0.25) is 9.48 Å². The molecular weight excluding hydrogens is 322 g/mol. The van der Waals surface area contributed by atoms with Gasteiger partial charge in [0.25, 0.3) is 5.91 Å². The first-order valence-corrected chi connectivity index (χ1v) is 7.67. The van der Waals surface area contributed by atoms with Crippen LogP contribution in [0.5, 0.6) is 5.75 Å². The van der Waals surface area contributed by atoms with E-state index in [-0.39, 0.29) is 5.91 Å². The van der Waals surface area contributed by atoms with E-state index < -0.39 is 0 Å². The fourth-order valence-corrected chi connectivity index (χ4v) is 2.35. The molecule has 25 heavy (non-hydrogen) atoms. The molecule has 3 aromatic rings. The molecule has 0 aliphatic rings. The van der Waals surface area contributed by atoms with Gasteiger partial charge < -0.3 is 14.8 Å². The lowest BCUT2D eigenvalue weighted by atomic mass is 10.2. The lowest BCUT2D eigenvalue weighted by Gasteiger charge is -2.04. The minimum atomic E-state index is -0.296. The standard InChI is InChI=1S/C17H19N5O3/c1-24-12-21-7-6-16(20-21)17(23)19-14-9-18-22(11-14)10-13-4-3-5-15(8-13)25-2/h3-9,11H,10,12H2,1-2H3,(H,19,23). The van der Waals surface area contributed by atoms with Crippen molar-refractivity contribution in [2.75, 3.05) is 19.5 Å². The summed E-state index contributed by atoms with van der Waals surface area (Å²) in [5.41, 5.74) is 1.98. The second kappa shape index (κ2) is 7.63. The van der Waals surface area contributed by atoms with Gasteiger partial charge >= 0.3 is 0 Å². The Morgan fingerprint density at radius 1 is 1.24 bits per heavy atom. The Balaban J connectivity index is 1.63. The summed E-state index contributed by atoms with van der Waals surface area (Å²) >= 11 is 0.